The second kappa shape index (κ2) is 7.07. The van der Waals surface area contributed by atoms with Gasteiger partial charge in [0.2, 0.25) is 5.95 Å². The Morgan fingerprint density at radius 2 is 2.00 bits per heavy atom. The molecule has 1 aliphatic heterocycles. The maximum absolute atomic E-state index is 5.42. The summed E-state index contributed by atoms with van der Waals surface area (Å²) in [6.45, 7) is 3.46. The van der Waals surface area contributed by atoms with E-state index in [2.05, 4.69) is 25.3 Å². The van der Waals surface area contributed by atoms with Crippen LogP contribution >= 0.6 is 0 Å². The van der Waals surface area contributed by atoms with Crippen LogP contribution in [0.5, 0.6) is 0 Å². The van der Waals surface area contributed by atoms with Crippen molar-refractivity contribution in [3.05, 3.63) is 6.20 Å². The number of ether oxygens (including phenoxy) is 3. The van der Waals surface area contributed by atoms with E-state index >= 15 is 0 Å². The second-order valence-corrected chi connectivity index (χ2v) is 5.26. The average Bonchev–Trinajstić information content (AvgIpc) is 2.97. The number of morpholine rings is 1. The molecule has 3 heterocycles. The minimum absolute atomic E-state index is 0.354. The SMILES string of the molecule is COC(CNc1nc(N2CCOCC2)c2cnn(C)c2n1)OC. The van der Waals surface area contributed by atoms with Crippen LogP contribution in [0.25, 0.3) is 11.0 Å². The van der Waals surface area contributed by atoms with E-state index in [9.17, 15) is 0 Å². The van der Waals surface area contributed by atoms with Gasteiger partial charge in [-0.1, -0.05) is 0 Å². The van der Waals surface area contributed by atoms with Crippen LogP contribution < -0.4 is 10.2 Å². The lowest BCUT2D eigenvalue weighted by Crippen LogP contribution is -2.37. The third-order valence-electron chi connectivity index (χ3n) is 3.84. The molecule has 0 aromatic carbocycles. The maximum Gasteiger partial charge on any atom is 0.226 e. The lowest BCUT2D eigenvalue weighted by atomic mass is 10.3. The van der Waals surface area contributed by atoms with Crippen molar-refractivity contribution in [2.24, 2.45) is 7.05 Å². The quantitative estimate of drug-likeness (QED) is 0.757. The molecule has 0 spiro atoms. The predicted molar refractivity (Wildman–Crippen MR) is 85.6 cm³/mol. The lowest BCUT2D eigenvalue weighted by molar-refractivity contribution is -0.0914. The van der Waals surface area contributed by atoms with Gasteiger partial charge in [-0.05, 0) is 0 Å². The van der Waals surface area contributed by atoms with E-state index < -0.39 is 0 Å². The molecule has 1 aliphatic rings. The molecule has 0 radical (unpaired) electrons. The van der Waals surface area contributed by atoms with Gasteiger partial charge >= 0.3 is 0 Å². The summed E-state index contributed by atoms with van der Waals surface area (Å²) in [5.41, 5.74) is 0.787. The Balaban J connectivity index is 1.90. The van der Waals surface area contributed by atoms with Crippen LogP contribution in [0.3, 0.4) is 0 Å². The summed E-state index contributed by atoms with van der Waals surface area (Å²) < 4.78 is 17.5. The number of aromatic nitrogens is 4. The van der Waals surface area contributed by atoms with Crippen LogP contribution in [0.4, 0.5) is 11.8 Å². The van der Waals surface area contributed by atoms with Gasteiger partial charge in [-0.25, -0.2) is 0 Å². The van der Waals surface area contributed by atoms with Gasteiger partial charge in [-0.2, -0.15) is 15.1 Å². The minimum atomic E-state index is -0.354. The van der Waals surface area contributed by atoms with E-state index in [4.69, 9.17) is 14.2 Å². The molecule has 0 unspecified atom stereocenters. The average molecular weight is 322 g/mol. The van der Waals surface area contributed by atoms with Crippen molar-refractivity contribution in [1.82, 2.24) is 19.7 Å². The normalized spacial score (nSPS) is 15.6. The van der Waals surface area contributed by atoms with Crippen molar-refractivity contribution < 1.29 is 14.2 Å². The number of fused-ring (bicyclic) bond motifs is 1. The van der Waals surface area contributed by atoms with E-state index in [1.54, 1.807) is 25.1 Å². The van der Waals surface area contributed by atoms with E-state index in [-0.39, 0.29) is 6.29 Å². The smallest absolute Gasteiger partial charge is 0.226 e. The first-order valence-electron chi connectivity index (χ1n) is 7.55. The summed E-state index contributed by atoms with van der Waals surface area (Å²) in [7, 11) is 5.07. The van der Waals surface area contributed by atoms with Crippen molar-refractivity contribution in [2.45, 2.75) is 6.29 Å². The molecular formula is C14H22N6O3. The van der Waals surface area contributed by atoms with E-state index in [0.717, 1.165) is 29.9 Å². The molecule has 2 aromatic rings. The molecule has 0 aliphatic carbocycles. The van der Waals surface area contributed by atoms with Crippen LogP contribution in [0.1, 0.15) is 0 Å². The number of rotatable bonds is 6. The van der Waals surface area contributed by atoms with Crippen molar-refractivity contribution in [1.29, 1.82) is 0 Å². The number of aryl methyl sites for hydroxylation is 1. The highest BCUT2D eigenvalue weighted by atomic mass is 16.7. The molecule has 0 saturated carbocycles. The van der Waals surface area contributed by atoms with E-state index in [0.29, 0.717) is 25.7 Å². The zero-order chi connectivity index (χ0) is 16.2. The Labute approximate surface area is 134 Å². The maximum atomic E-state index is 5.42. The molecule has 0 atom stereocenters. The molecular weight excluding hydrogens is 300 g/mol. The molecule has 1 N–H and O–H groups in total. The number of hydrogen-bond donors (Lipinski definition) is 1. The van der Waals surface area contributed by atoms with Gasteiger partial charge in [0.1, 0.15) is 5.82 Å². The summed E-state index contributed by atoms with van der Waals surface area (Å²) in [6.07, 6.45) is 1.45. The van der Waals surface area contributed by atoms with E-state index in [1.165, 1.54) is 0 Å². The minimum Gasteiger partial charge on any atom is -0.378 e. The summed E-state index contributed by atoms with van der Waals surface area (Å²) in [5.74, 6) is 1.40. The topological polar surface area (TPSA) is 86.6 Å². The van der Waals surface area contributed by atoms with Crippen LogP contribution in [0.2, 0.25) is 0 Å². The highest BCUT2D eigenvalue weighted by molar-refractivity contribution is 5.88. The largest absolute Gasteiger partial charge is 0.378 e. The number of anilines is 2. The fourth-order valence-electron chi connectivity index (χ4n) is 2.54. The number of nitrogens with one attached hydrogen (secondary N) is 1. The first-order valence-corrected chi connectivity index (χ1v) is 7.55. The van der Waals surface area contributed by atoms with Gasteiger partial charge in [0.15, 0.2) is 11.9 Å². The van der Waals surface area contributed by atoms with Crippen molar-refractivity contribution in [3.63, 3.8) is 0 Å². The third-order valence-corrected chi connectivity index (χ3v) is 3.84. The molecule has 9 heteroatoms. The van der Waals surface area contributed by atoms with Gasteiger partial charge in [0.25, 0.3) is 0 Å². The molecule has 3 rings (SSSR count). The van der Waals surface area contributed by atoms with E-state index in [1.807, 2.05) is 7.05 Å². The second-order valence-electron chi connectivity index (χ2n) is 5.26. The summed E-state index contributed by atoms with van der Waals surface area (Å²) in [4.78, 5) is 11.4. The first kappa shape index (κ1) is 15.9. The Morgan fingerprint density at radius 1 is 1.26 bits per heavy atom. The molecule has 0 bridgehead atoms. The molecule has 0 amide bonds. The molecule has 2 aromatic heterocycles. The Hall–Kier alpha value is -1.97. The number of methoxy groups -OCH3 is 2. The van der Waals surface area contributed by atoms with Crippen LogP contribution in [-0.4, -0.2) is 73.1 Å². The zero-order valence-electron chi connectivity index (χ0n) is 13.7. The molecule has 126 valence electrons. The lowest BCUT2D eigenvalue weighted by Gasteiger charge is -2.28. The number of nitrogens with zero attached hydrogens (tertiary/aromatic N) is 5. The highest BCUT2D eigenvalue weighted by Gasteiger charge is 2.19. The van der Waals surface area contributed by atoms with Crippen LogP contribution in [-0.2, 0) is 21.3 Å². The summed E-state index contributed by atoms with van der Waals surface area (Å²) in [6, 6.07) is 0. The monoisotopic (exact) mass is 322 g/mol. The standard InChI is InChI=1S/C14H22N6O3/c1-19-12-10(8-16-19)13(20-4-6-23-7-5-20)18-14(17-12)15-9-11(21-2)22-3/h8,11H,4-7,9H2,1-3H3,(H,15,17,18). The van der Waals surface area contributed by atoms with Crippen LogP contribution in [0, 0.1) is 0 Å². The zero-order valence-corrected chi connectivity index (χ0v) is 13.7. The van der Waals surface area contributed by atoms with Gasteiger partial charge in [0, 0.05) is 34.4 Å². The molecule has 1 saturated heterocycles. The van der Waals surface area contributed by atoms with Crippen molar-refractivity contribution in [2.75, 3.05) is 57.3 Å². The van der Waals surface area contributed by atoms with Gasteiger partial charge in [0.05, 0.1) is 31.3 Å². The first-order chi connectivity index (χ1) is 11.2. The molecule has 23 heavy (non-hydrogen) atoms. The number of hydrogen-bond acceptors (Lipinski definition) is 8. The Bertz CT molecular complexity index is 651. The molecule has 9 nitrogen and oxygen atoms in total. The summed E-state index contributed by atoms with van der Waals surface area (Å²) in [5, 5.41) is 8.40. The van der Waals surface area contributed by atoms with Gasteiger partial charge in [-0.15, -0.1) is 0 Å². The third kappa shape index (κ3) is 3.36. The van der Waals surface area contributed by atoms with Gasteiger partial charge in [-0.3, -0.25) is 4.68 Å². The predicted octanol–water partition coefficient (Wildman–Crippen LogP) is 0.231. The Kier molecular flexibility index (Phi) is 4.89. The van der Waals surface area contributed by atoms with Crippen molar-refractivity contribution >= 4 is 22.8 Å². The Morgan fingerprint density at radius 3 is 2.70 bits per heavy atom. The highest BCUT2D eigenvalue weighted by Crippen LogP contribution is 2.25. The van der Waals surface area contributed by atoms with Gasteiger partial charge < -0.3 is 24.4 Å². The molecule has 1 fully saturated rings. The fourth-order valence-corrected chi connectivity index (χ4v) is 2.54. The fraction of sp³-hybridized carbons (Fsp3) is 0.643. The van der Waals surface area contributed by atoms with Crippen LogP contribution in [0.15, 0.2) is 6.20 Å². The van der Waals surface area contributed by atoms with Crippen molar-refractivity contribution in [3.8, 4) is 0 Å². The summed E-state index contributed by atoms with van der Waals surface area (Å²) >= 11 is 0.